The van der Waals surface area contributed by atoms with Crippen molar-refractivity contribution in [1.82, 2.24) is 0 Å². The zero-order valence-electron chi connectivity index (χ0n) is 8.57. The number of ether oxygens (including phenoxy) is 1. The molecule has 0 radical (unpaired) electrons. The summed E-state index contributed by atoms with van der Waals surface area (Å²) in [4.78, 5) is 22.8. The molecule has 0 spiro atoms. The van der Waals surface area contributed by atoms with Crippen molar-refractivity contribution in [2.45, 2.75) is 32.1 Å². The molecule has 15 heavy (non-hydrogen) atoms. The van der Waals surface area contributed by atoms with E-state index in [-0.39, 0.29) is 17.8 Å². The number of carbonyl (C=O) groups is 2. The third-order valence-corrected chi connectivity index (χ3v) is 3.95. The van der Waals surface area contributed by atoms with Crippen LogP contribution in [0.2, 0.25) is 0 Å². The molecule has 2 aliphatic carbocycles. The summed E-state index contributed by atoms with van der Waals surface area (Å²) in [5, 5.41) is 0. The van der Waals surface area contributed by atoms with Gasteiger partial charge in [-0.25, -0.2) is 0 Å². The van der Waals surface area contributed by atoms with Crippen LogP contribution in [0.15, 0.2) is 11.8 Å². The van der Waals surface area contributed by atoms with Gasteiger partial charge in [-0.2, -0.15) is 0 Å². The minimum absolute atomic E-state index is 0.129. The number of esters is 1. The highest BCUT2D eigenvalue weighted by atomic mass is 16.5. The zero-order chi connectivity index (χ0) is 10.4. The van der Waals surface area contributed by atoms with E-state index < -0.39 is 0 Å². The van der Waals surface area contributed by atoms with E-state index >= 15 is 0 Å². The van der Waals surface area contributed by atoms with Crippen LogP contribution in [0.5, 0.6) is 0 Å². The first-order valence-electron chi connectivity index (χ1n) is 5.67. The number of hydrogen-bond donors (Lipinski definition) is 0. The molecule has 0 amide bonds. The number of hydrogen-bond acceptors (Lipinski definition) is 3. The van der Waals surface area contributed by atoms with Crippen molar-refractivity contribution in [1.29, 1.82) is 0 Å². The predicted octanol–water partition coefficient (Wildman–Crippen LogP) is 1.82. The quantitative estimate of drug-likeness (QED) is 0.568. The van der Waals surface area contributed by atoms with Crippen LogP contribution in [-0.4, -0.2) is 11.8 Å². The molecule has 0 bridgehead atoms. The van der Waals surface area contributed by atoms with E-state index in [0.717, 1.165) is 31.4 Å². The van der Waals surface area contributed by atoms with Crippen molar-refractivity contribution < 1.29 is 14.3 Å². The number of fused-ring (bicyclic) bond motifs is 2. The molecule has 3 rings (SSSR count). The standard InChI is InChI=1S/C12H14O3/c13-10-3-1-7-2-4-11-8(5-9(7)10)6-12(14)15-11/h4,7-9H,1-3,5-6H2. The topological polar surface area (TPSA) is 43.4 Å². The average Bonchev–Trinajstić information content (AvgIpc) is 2.66. The van der Waals surface area contributed by atoms with Crippen LogP contribution in [0.1, 0.15) is 32.1 Å². The minimum Gasteiger partial charge on any atom is -0.431 e. The summed E-state index contributed by atoms with van der Waals surface area (Å²) in [6.45, 7) is 0. The Morgan fingerprint density at radius 2 is 2.20 bits per heavy atom. The van der Waals surface area contributed by atoms with Gasteiger partial charge in [0.05, 0.1) is 6.42 Å². The van der Waals surface area contributed by atoms with Crippen LogP contribution >= 0.6 is 0 Å². The molecule has 0 aromatic heterocycles. The van der Waals surface area contributed by atoms with Crippen LogP contribution in [0.3, 0.4) is 0 Å². The number of carbonyl (C=O) groups excluding carboxylic acids is 2. The average molecular weight is 206 g/mol. The van der Waals surface area contributed by atoms with E-state index in [1.54, 1.807) is 0 Å². The first kappa shape index (κ1) is 9.13. The maximum absolute atomic E-state index is 11.7. The van der Waals surface area contributed by atoms with Gasteiger partial charge in [-0.15, -0.1) is 0 Å². The number of allylic oxidation sites excluding steroid dienone is 2. The van der Waals surface area contributed by atoms with Crippen molar-refractivity contribution >= 4 is 11.8 Å². The van der Waals surface area contributed by atoms with Gasteiger partial charge in [0, 0.05) is 18.3 Å². The molecular weight excluding hydrogens is 192 g/mol. The molecule has 0 N–H and O–H groups in total. The molecule has 0 aromatic rings. The molecule has 3 atom stereocenters. The van der Waals surface area contributed by atoms with Crippen LogP contribution in [0.25, 0.3) is 0 Å². The highest BCUT2D eigenvalue weighted by Crippen LogP contribution is 2.43. The molecule has 1 aliphatic heterocycles. The van der Waals surface area contributed by atoms with Crippen LogP contribution < -0.4 is 0 Å². The molecule has 1 saturated heterocycles. The largest absolute Gasteiger partial charge is 0.431 e. The third kappa shape index (κ3) is 1.41. The van der Waals surface area contributed by atoms with Gasteiger partial charge in [-0.05, 0) is 31.3 Å². The molecule has 80 valence electrons. The third-order valence-electron chi connectivity index (χ3n) is 3.95. The van der Waals surface area contributed by atoms with Gasteiger partial charge in [-0.3, -0.25) is 9.59 Å². The van der Waals surface area contributed by atoms with Crippen molar-refractivity contribution in [3.8, 4) is 0 Å². The van der Waals surface area contributed by atoms with E-state index in [0.29, 0.717) is 18.1 Å². The van der Waals surface area contributed by atoms with Crippen molar-refractivity contribution in [3.05, 3.63) is 11.8 Å². The van der Waals surface area contributed by atoms with E-state index in [4.69, 9.17) is 4.74 Å². The van der Waals surface area contributed by atoms with Crippen molar-refractivity contribution in [2.24, 2.45) is 17.8 Å². The fourth-order valence-electron chi connectivity index (χ4n) is 3.12. The lowest BCUT2D eigenvalue weighted by molar-refractivity contribution is -0.135. The highest BCUT2D eigenvalue weighted by Gasteiger charge is 2.41. The van der Waals surface area contributed by atoms with E-state index in [9.17, 15) is 9.59 Å². The Morgan fingerprint density at radius 1 is 1.33 bits per heavy atom. The Bertz CT molecular complexity index is 356. The van der Waals surface area contributed by atoms with Gasteiger partial charge in [0.1, 0.15) is 11.5 Å². The summed E-state index contributed by atoms with van der Waals surface area (Å²) in [5.74, 6) is 1.99. The smallest absolute Gasteiger partial charge is 0.311 e. The molecule has 3 nitrogen and oxygen atoms in total. The summed E-state index contributed by atoms with van der Waals surface area (Å²) in [5.41, 5.74) is 0. The lowest BCUT2D eigenvalue weighted by Crippen LogP contribution is -2.16. The molecule has 3 unspecified atom stereocenters. The molecule has 3 heteroatoms. The van der Waals surface area contributed by atoms with Gasteiger partial charge in [0.25, 0.3) is 0 Å². The monoisotopic (exact) mass is 206 g/mol. The lowest BCUT2D eigenvalue weighted by Gasteiger charge is -2.15. The molecule has 2 fully saturated rings. The van der Waals surface area contributed by atoms with E-state index in [1.807, 2.05) is 6.08 Å². The Morgan fingerprint density at radius 3 is 3.07 bits per heavy atom. The van der Waals surface area contributed by atoms with Crippen molar-refractivity contribution in [2.75, 3.05) is 0 Å². The molecule has 3 aliphatic rings. The summed E-state index contributed by atoms with van der Waals surface area (Å²) in [7, 11) is 0. The molecule has 0 aromatic carbocycles. The van der Waals surface area contributed by atoms with Crippen LogP contribution in [0, 0.1) is 17.8 Å². The van der Waals surface area contributed by atoms with Gasteiger partial charge in [-0.1, -0.05) is 0 Å². The number of Topliss-reactive ketones (excluding diaryl/α,β-unsaturated/α-hetero) is 1. The molecular formula is C12H14O3. The van der Waals surface area contributed by atoms with Gasteiger partial charge in [0.2, 0.25) is 0 Å². The van der Waals surface area contributed by atoms with E-state index in [1.165, 1.54) is 0 Å². The Kier molecular flexibility index (Phi) is 1.94. The second-order valence-electron chi connectivity index (χ2n) is 4.82. The predicted molar refractivity (Wildman–Crippen MR) is 52.7 cm³/mol. The maximum atomic E-state index is 11.7. The van der Waals surface area contributed by atoms with Crippen molar-refractivity contribution in [3.63, 3.8) is 0 Å². The summed E-state index contributed by atoms with van der Waals surface area (Å²) < 4.78 is 5.16. The normalized spacial score (nSPS) is 39.2. The molecule has 1 saturated carbocycles. The SMILES string of the molecule is O=C1CC2CC3C(=O)CCC3CC=C2O1. The molecule has 1 heterocycles. The highest BCUT2D eigenvalue weighted by molar-refractivity contribution is 5.84. The summed E-state index contributed by atoms with van der Waals surface area (Å²) in [6.07, 6.45) is 6.02. The number of rotatable bonds is 0. The van der Waals surface area contributed by atoms with Gasteiger partial charge < -0.3 is 4.74 Å². The Balaban J connectivity index is 1.86. The van der Waals surface area contributed by atoms with Crippen LogP contribution in [-0.2, 0) is 14.3 Å². The fourth-order valence-corrected chi connectivity index (χ4v) is 3.12. The fraction of sp³-hybridized carbons (Fsp3) is 0.667. The Hall–Kier alpha value is -1.12. The van der Waals surface area contributed by atoms with Gasteiger partial charge in [0.15, 0.2) is 0 Å². The first-order valence-corrected chi connectivity index (χ1v) is 5.67. The van der Waals surface area contributed by atoms with E-state index in [2.05, 4.69) is 0 Å². The van der Waals surface area contributed by atoms with Gasteiger partial charge >= 0.3 is 5.97 Å². The number of ketones is 1. The lowest BCUT2D eigenvalue weighted by atomic mass is 9.86. The zero-order valence-corrected chi connectivity index (χ0v) is 8.57. The first-order chi connectivity index (χ1) is 7.24. The maximum Gasteiger partial charge on any atom is 0.311 e. The second-order valence-corrected chi connectivity index (χ2v) is 4.82. The Labute approximate surface area is 88.5 Å². The van der Waals surface area contributed by atoms with Crippen LogP contribution in [0.4, 0.5) is 0 Å². The summed E-state index contributed by atoms with van der Waals surface area (Å²) in [6, 6.07) is 0. The summed E-state index contributed by atoms with van der Waals surface area (Å²) >= 11 is 0. The minimum atomic E-state index is -0.129. The second kappa shape index (κ2) is 3.19.